The summed E-state index contributed by atoms with van der Waals surface area (Å²) in [6.45, 7) is 4.03. The minimum Gasteiger partial charge on any atom is -0.313 e. The fraction of sp³-hybridized carbons (Fsp3) is 0.529. The van der Waals surface area contributed by atoms with Crippen LogP contribution in [0.3, 0.4) is 0 Å². The molecule has 1 aromatic heterocycles. The van der Waals surface area contributed by atoms with E-state index in [1.54, 1.807) is 24.8 Å². The quantitative estimate of drug-likeness (QED) is 0.855. The first-order valence-electron chi connectivity index (χ1n) is 8.00. The monoisotopic (exact) mass is 302 g/mol. The highest BCUT2D eigenvalue weighted by Gasteiger charge is 2.38. The molecule has 1 saturated carbocycles. The van der Waals surface area contributed by atoms with Crippen LogP contribution in [0.15, 0.2) is 36.9 Å². The number of aryl methyl sites for hydroxylation is 1. The first kappa shape index (κ1) is 15.2. The van der Waals surface area contributed by atoms with Gasteiger partial charge in [0.1, 0.15) is 18.5 Å². The van der Waals surface area contributed by atoms with E-state index in [4.69, 9.17) is 0 Å². The molecule has 0 saturated heterocycles. The Bertz CT molecular complexity index is 575. The number of aromatic nitrogens is 3. The van der Waals surface area contributed by atoms with Crippen LogP contribution in [-0.2, 0) is 12.0 Å². The number of halogens is 1. The van der Waals surface area contributed by atoms with Crippen LogP contribution in [0.2, 0.25) is 0 Å². The third kappa shape index (κ3) is 3.35. The molecule has 1 N–H and O–H groups in total. The van der Waals surface area contributed by atoms with E-state index in [1.807, 2.05) is 16.8 Å². The minimum absolute atomic E-state index is 0.160. The molecule has 5 heteroatoms. The van der Waals surface area contributed by atoms with Gasteiger partial charge in [0.2, 0.25) is 0 Å². The van der Waals surface area contributed by atoms with Crippen molar-refractivity contribution >= 4 is 0 Å². The third-order valence-electron chi connectivity index (χ3n) is 4.81. The molecule has 22 heavy (non-hydrogen) atoms. The van der Waals surface area contributed by atoms with Gasteiger partial charge in [0.15, 0.2) is 0 Å². The molecule has 0 aliphatic heterocycles. The van der Waals surface area contributed by atoms with Gasteiger partial charge in [0.05, 0.1) is 0 Å². The fourth-order valence-electron chi connectivity index (χ4n) is 3.12. The lowest BCUT2D eigenvalue weighted by atomic mass is 9.64. The van der Waals surface area contributed by atoms with Crippen LogP contribution < -0.4 is 5.32 Å². The highest BCUT2D eigenvalue weighted by atomic mass is 19.1. The van der Waals surface area contributed by atoms with E-state index in [2.05, 4.69) is 22.3 Å². The van der Waals surface area contributed by atoms with Crippen molar-refractivity contribution in [2.75, 3.05) is 6.54 Å². The Morgan fingerprint density at radius 2 is 2.09 bits per heavy atom. The molecule has 0 bridgehead atoms. The van der Waals surface area contributed by atoms with E-state index in [9.17, 15) is 4.39 Å². The summed E-state index contributed by atoms with van der Waals surface area (Å²) in [5.74, 6) is -0.160. The lowest BCUT2D eigenvalue weighted by molar-refractivity contribution is 0.224. The molecule has 1 fully saturated rings. The van der Waals surface area contributed by atoms with Gasteiger partial charge in [-0.3, -0.25) is 4.68 Å². The Balaban J connectivity index is 1.53. The standard InChI is InChI=1S/C17H23FN4/c1-14(7-10-22-13-19-12-21-22)20-11-17(8-2-9-17)15-3-5-16(18)6-4-15/h3-6,12-14,20H,2,7-11H2,1H3. The van der Waals surface area contributed by atoms with Gasteiger partial charge in [0, 0.05) is 24.5 Å². The maximum atomic E-state index is 13.1. The smallest absolute Gasteiger partial charge is 0.137 e. The summed E-state index contributed by atoms with van der Waals surface area (Å²) < 4.78 is 15.0. The predicted octanol–water partition coefficient (Wildman–Crippen LogP) is 2.91. The fourth-order valence-corrected chi connectivity index (χ4v) is 3.12. The van der Waals surface area contributed by atoms with E-state index in [0.717, 1.165) is 19.5 Å². The second kappa shape index (κ2) is 6.57. The average molecular weight is 302 g/mol. The molecule has 1 aliphatic carbocycles. The molecule has 1 aromatic carbocycles. The molecule has 1 heterocycles. The molecule has 1 aliphatic rings. The topological polar surface area (TPSA) is 42.7 Å². The van der Waals surface area contributed by atoms with Crippen molar-refractivity contribution in [3.8, 4) is 0 Å². The molecule has 2 aromatic rings. The van der Waals surface area contributed by atoms with Crippen molar-refractivity contribution < 1.29 is 4.39 Å². The summed E-state index contributed by atoms with van der Waals surface area (Å²) in [4.78, 5) is 3.96. The first-order valence-corrected chi connectivity index (χ1v) is 8.00. The maximum Gasteiger partial charge on any atom is 0.137 e. The largest absolute Gasteiger partial charge is 0.313 e. The molecule has 3 rings (SSSR count). The van der Waals surface area contributed by atoms with Crippen LogP contribution in [0.1, 0.15) is 38.2 Å². The van der Waals surface area contributed by atoms with Crippen LogP contribution >= 0.6 is 0 Å². The molecular weight excluding hydrogens is 279 g/mol. The molecular formula is C17H23FN4. The average Bonchev–Trinajstić information content (AvgIpc) is 2.99. The number of nitrogens with zero attached hydrogens (tertiary/aromatic N) is 3. The molecule has 0 spiro atoms. The lowest BCUT2D eigenvalue weighted by Crippen LogP contribution is -2.46. The summed E-state index contributed by atoms with van der Waals surface area (Å²) in [5.41, 5.74) is 1.45. The first-order chi connectivity index (χ1) is 10.7. The zero-order valence-electron chi connectivity index (χ0n) is 13.0. The Morgan fingerprint density at radius 1 is 1.32 bits per heavy atom. The Morgan fingerprint density at radius 3 is 2.68 bits per heavy atom. The van der Waals surface area contributed by atoms with E-state index in [0.29, 0.717) is 6.04 Å². The summed E-state index contributed by atoms with van der Waals surface area (Å²) in [7, 11) is 0. The molecule has 118 valence electrons. The number of benzene rings is 1. The van der Waals surface area contributed by atoms with Gasteiger partial charge < -0.3 is 5.32 Å². The van der Waals surface area contributed by atoms with Crippen LogP contribution in [0, 0.1) is 5.82 Å². The van der Waals surface area contributed by atoms with Crippen LogP contribution in [0.4, 0.5) is 4.39 Å². The summed E-state index contributed by atoms with van der Waals surface area (Å²) in [5, 5.41) is 7.77. The van der Waals surface area contributed by atoms with E-state index in [-0.39, 0.29) is 11.2 Å². The number of hydrogen-bond acceptors (Lipinski definition) is 3. The molecule has 1 atom stereocenters. The predicted molar refractivity (Wildman–Crippen MR) is 84.0 cm³/mol. The number of rotatable bonds is 7. The summed E-state index contributed by atoms with van der Waals surface area (Å²) in [6.07, 6.45) is 7.95. The van der Waals surface area contributed by atoms with Crippen molar-refractivity contribution in [3.05, 3.63) is 48.3 Å². The summed E-state index contributed by atoms with van der Waals surface area (Å²) >= 11 is 0. The van der Waals surface area contributed by atoms with Crippen LogP contribution in [0.25, 0.3) is 0 Å². The van der Waals surface area contributed by atoms with Crippen LogP contribution in [-0.4, -0.2) is 27.4 Å². The van der Waals surface area contributed by atoms with E-state index in [1.165, 1.54) is 24.8 Å². The van der Waals surface area contributed by atoms with Gasteiger partial charge >= 0.3 is 0 Å². The maximum absolute atomic E-state index is 13.1. The molecule has 0 amide bonds. The van der Waals surface area contributed by atoms with E-state index < -0.39 is 0 Å². The zero-order valence-corrected chi connectivity index (χ0v) is 13.0. The normalized spacial score (nSPS) is 17.9. The van der Waals surface area contributed by atoms with Gasteiger partial charge in [-0.2, -0.15) is 5.10 Å². The van der Waals surface area contributed by atoms with Gasteiger partial charge in [-0.25, -0.2) is 9.37 Å². The molecule has 0 radical (unpaired) electrons. The van der Waals surface area contributed by atoms with Gasteiger partial charge in [-0.15, -0.1) is 0 Å². The highest BCUT2D eigenvalue weighted by Crippen LogP contribution is 2.43. The van der Waals surface area contributed by atoms with E-state index >= 15 is 0 Å². The van der Waals surface area contributed by atoms with Crippen LogP contribution in [0.5, 0.6) is 0 Å². The number of hydrogen-bond donors (Lipinski definition) is 1. The van der Waals surface area contributed by atoms with Gasteiger partial charge in [-0.05, 0) is 43.9 Å². The SMILES string of the molecule is CC(CCn1cncn1)NCC1(c2ccc(F)cc2)CCC1. The molecule has 1 unspecified atom stereocenters. The van der Waals surface area contributed by atoms with Crippen molar-refractivity contribution in [1.82, 2.24) is 20.1 Å². The van der Waals surface area contributed by atoms with Gasteiger partial charge in [-0.1, -0.05) is 18.6 Å². The van der Waals surface area contributed by atoms with Crippen molar-refractivity contribution in [2.24, 2.45) is 0 Å². The minimum atomic E-state index is -0.160. The summed E-state index contributed by atoms with van der Waals surface area (Å²) in [6, 6.07) is 7.45. The van der Waals surface area contributed by atoms with Crippen molar-refractivity contribution in [1.29, 1.82) is 0 Å². The Kier molecular flexibility index (Phi) is 4.52. The van der Waals surface area contributed by atoms with Crippen molar-refractivity contribution in [3.63, 3.8) is 0 Å². The lowest BCUT2D eigenvalue weighted by Gasteiger charge is -2.43. The number of nitrogens with one attached hydrogen (secondary N) is 1. The second-order valence-corrected chi connectivity index (χ2v) is 6.37. The Labute approximate surface area is 130 Å². The molecule has 4 nitrogen and oxygen atoms in total. The van der Waals surface area contributed by atoms with Crippen molar-refractivity contribution in [2.45, 2.75) is 50.6 Å². The Hall–Kier alpha value is -1.75. The second-order valence-electron chi connectivity index (χ2n) is 6.37. The third-order valence-corrected chi connectivity index (χ3v) is 4.81. The van der Waals surface area contributed by atoms with Gasteiger partial charge in [0.25, 0.3) is 0 Å². The zero-order chi connectivity index (χ0) is 15.4. The highest BCUT2D eigenvalue weighted by molar-refractivity contribution is 5.29.